The number of methoxy groups -OCH3 is 1. The van der Waals surface area contributed by atoms with Crippen LogP contribution >= 0.6 is 0 Å². The van der Waals surface area contributed by atoms with Crippen LogP contribution < -0.4 is 10.1 Å². The quantitative estimate of drug-likeness (QED) is 0.634. The normalized spacial score (nSPS) is 15.7. The molecule has 0 bridgehead atoms. The van der Waals surface area contributed by atoms with E-state index >= 15 is 0 Å². The Hall–Kier alpha value is -3.88. The van der Waals surface area contributed by atoms with E-state index in [-0.39, 0.29) is 23.7 Å². The summed E-state index contributed by atoms with van der Waals surface area (Å²) < 4.78 is 18.2. The maximum Gasteiger partial charge on any atom is 0.259 e. The SMILES string of the molecule is COc1ccc(C(=O)N2CCCC[C@@H]2c2ncc(C(=O)Nc3ccc(F)cc3)c(C)n2)cn1. The Labute approximate surface area is 190 Å². The van der Waals surface area contributed by atoms with E-state index in [9.17, 15) is 14.0 Å². The molecule has 8 nitrogen and oxygen atoms in total. The van der Waals surface area contributed by atoms with Gasteiger partial charge in [0.1, 0.15) is 5.82 Å². The predicted molar refractivity (Wildman–Crippen MR) is 120 cm³/mol. The van der Waals surface area contributed by atoms with Gasteiger partial charge in [0.2, 0.25) is 5.88 Å². The van der Waals surface area contributed by atoms with Crippen molar-refractivity contribution in [3.63, 3.8) is 0 Å². The second-order valence-corrected chi connectivity index (χ2v) is 7.79. The van der Waals surface area contributed by atoms with Crippen LogP contribution in [0.25, 0.3) is 0 Å². The molecule has 0 saturated carbocycles. The first kappa shape index (κ1) is 22.3. The van der Waals surface area contributed by atoms with Crippen LogP contribution in [0.15, 0.2) is 48.8 Å². The van der Waals surface area contributed by atoms with Crippen LogP contribution in [-0.2, 0) is 0 Å². The van der Waals surface area contributed by atoms with E-state index in [1.165, 1.54) is 43.8 Å². The number of ether oxygens (including phenoxy) is 1. The number of hydrogen-bond acceptors (Lipinski definition) is 6. The van der Waals surface area contributed by atoms with Crippen molar-refractivity contribution in [2.75, 3.05) is 19.0 Å². The maximum atomic E-state index is 13.2. The Morgan fingerprint density at radius 2 is 1.88 bits per heavy atom. The Morgan fingerprint density at radius 1 is 1.09 bits per heavy atom. The van der Waals surface area contributed by atoms with Crippen molar-refractivity contribution in [1.29, 1.82) is 0 Å². The summed E-state index contributed by atoms with van der Waals surface area (Å²) in [5.41, 5.74) is 1.76. The lowest BCUT2D eigenvalue weighted by Crippen LogP contribution is -2.39. The summed E-state index contributed by atoms with van der Waals surface area (Å²) in [5, 5.41) is 2.72. The molecule has 1 fully saturated rings. The number of aromatic nitrogens is 3. The van der Waals surface area contributed by atoms with Crippen molar-refractivity contribution in [2.45, 2.75) is 32.2 Å². The number of carbonyl (C=O) groups is 2. The van der Waals surface area contributed by atoms with Gasteiger partial charge in [-0.2, -0.15) is 0 Å². The van der Waals surface area contributed by atoms with Gasteiger partial charge < -0.3 is 15.0 Å². The fourth-order valence-corrected chi connectivity index (χ4v) is 3.84. The Kier molecular flexibility index (Phi) is 6.58. The third kappa shape index (κ3) is 4.97. The maximum absolute atomic E-state index is 13.2. The molecule has 3 aromatic rings. The van der Waals surface area contributed by atoms with Crippen molar-refractivity contribution in [1.82, 2.24) is 19.9 Å². The van der Waals surface area contributed by atoms with E-state index < -0.39 is 0 Å². The minimum atomic E-state index is -0.383. The summed E-state index contributed by atoms with van der Waals surface area (Å²) in [6.45, 7) is 2.32. The number of carbonyl (C=O) groups excluding carboxylic acids is 2. The molecule has 4 rings (SSSR count). The van der Waals surface area contributed by atoms with E-state index in [1.807, 2.05) is 0 Å². The molecule has 0 unspecified atom stereocenters. The molecule has 1 aromatic carbocycles. The van der Waals surface area contributed by atoms with Crippen molar-refractivity contribution in [2.24, 2.45) is 0 Å². The van der Waals surface area contributed by atoms with Gasteiger partial charge >= 0.3 is 0 Å². The Balaban J connectivity index is 1.53. The van der Waals surface area contributed by atoms with Gasteiger partial charge in [-0.15, -0.1) is 0 Å². The number of piperidine rings is 1. The van der Waals surface area contributed by atoms with E-state index in [0.29, 0.717) is 40.8 Å². The van der Waals surface area contributed by atoms with Crippen LogP contribution in [0.1, 0.15) is 57.5 Å². The number of nitrogens with zero attached hydrogens (tertiary/aromatic N) is 4. The predicted octanol–water partition coefficient (Wildman–Crippen LogP) is 3.95. The van der Waals surface area contributed by atoms with Gasteiger partial charge in [-0.25, -0.2) is 19.3 Å². The van der Waals surface area contributed by atoms with E-state index in [2.05, 4.69) is 20.3 Å². The van der Waals surface area contributed by atoms with E-state index in [1.54, 1.807) is 24.0 Å². The van der Waals surface area contributed by atoms with Crippen molar-refractivity contribution >= 4 is 17.5 Å². The zero-order valence-corrected chi connectivity index (χ0v) is 18.4. The molecule has 1 atom stereocenters. The molecule has 9 heteroatoms. The summed E-state index contributed by atoms with van der Waals surface area (Å²) in [5.74, 6) is 0.0326. The van der Waals surface area contributed by atoms with Crippen LogP contribution in [0.2, 0.25) is 0 Å². The largest absolute Gasteiger partial charge is 0.481 e. The molecule has 0 spiro atoms. The van der Waals surface area contributed by atoms with Crippen LogP contribution in [-0.4, -0.2) is 45.3 Å². The smallest absolute Gasteiger partial charge is 0.259 e. The van der Waals surface area contributed by atoms with Crippen LogP contribution in [0.3, 0.4) is 0 Å². The molecular weight excluding hydrogens is 425 g/mol. The number of aryl methyl sites for hydroxylation is 1. The molecule has 0 aliphatic carbocycles. The fraction of sp³-hybridized carbons (Fsp3) is 0.292. The van der Waals surface area contributed by atoms with Gasteiger partial charge in [0.05, 0.1) is 30.0 Å². The highest BCUT2D eigenvalue weighted by molar-refractivity contribution is 6.04. The zero-order chi connectivity index (χ0) is 23.4. The molecule has 33 heavy (non-hydrogen) atoms. The van der Waals surface area contributed by atoms with Gasteiger partial charge in [-0.3, -0.25) is 9.59 Å². The lowest BCUT2D eigenvalue weighted by atomic mass is 10.00. The molecule has 3 heterocycles. The second-order valence-electron chi connectivity index (χ2n) is 7.79. The summed E-state index contributed by atoms with van der Waals surface area (Å²) in [6, 6.07) is 8.57. The van der Waals surface area contributed by atoms with Gasteiger partial charge in [0.15, 0.2) is 5.82 Å². The molecule has 1 saturated heterocycles. The summed E-state index contributed by atoms with van der Waals surface area (Å²) in [7, 11) is 1.52. The highest BCUT2D eigenvalue weighted by Gasteiger charge is 2.31. The zero-order valence-electron chi connectivity index (χ0n) is 18.4. The number of amides is 2. The molecule has 2 amide bonds. The molecule has 170 valence electrons. The Morgan fingerprint density at radius 3 is 2.55 bits per heavy atom. The number of halogens is 1. The first-order chi connectivity index (χ1) is 16.0. The lowest BCUT2D eigenvalue weighted by molar-refractivity contribution is 0.0598. The summed E-state index contributed by atoms with van der Waals surface area (Å²) >= 11 is 0. The first-order valence-corrected chi connectivity index (χ1v) is 10.7. The number of rotatable bonds is 5. The minimum Gasteiger partial charge on any atom is -0.481 e. The first-order valence-electron chi connectivity index (χ1n) is 10.7. The van der Waals surface area contributed by atoms with Crippen molar-refractivity contribution in [3.8, 4) is 5.88 Å². The molecule has 1 N–H and O–H groups in total. The molecule has 1 aliphatic heterocycles. The van der Waals surface area contributed by atoms with Crippen molar-refractivity contribution in [3.05, 3.63) is 77.3 Å². The average molecular weight is 449 g/mol. The highest BCUT2D eigenvalue weighted by Crippen LogP contribution is 2.30. The number of pyridine rings is 1. The van der Waals surface area contributed by atoms with Gasteiger partial charge in [-0.1, -0.05) is 0 Å². The number of nitrogens with one attached hydrogen (secondary N) is 1. The topological polar surface area (TPSA) is 97.3 Å². The molecule has 0 radical (unpaired) electrons. The van der Waals surface area contributed by atoms with Crippen LogP contribution in [0, 0.1) is 12.7 Å². The van der Waals surface area contributed by atoms with Gasteiger partial charge in [0.25, 0.3) is 11.8 Å². The summed E-state index contributed by atoms with van der Waals surface area (Å²) in [6.07, 6.45) is 5.55. The molecule has 1 aliphatic rings. The number of anilines is 1. The number of hydrogen-bond donors (Lipinski definition) is 1. The lowest BCUT2D eigenvalue weighted by Gasteiger charge is -2.35. The number of benzene rings is 1. The molecule has 2 aromatic heterocycles. The van der Waals surface area contributed by atoms with Crippen LogP contribution in [0.4, 0.5) is 10.1 Å². The highest BCUT2D eigenvalue weighted by atomic mass is 19.1. The monoisotopic (exact) mass is 449 g/mol. The fourth-order valence-electron chi connectivity index (χ4n) is 3.84. The van der Waals surface area contributed by atoms with E-state index in [0.717, 1.165) is 19.3 Å². The van der Waals surface area contributed by atoms with Crippen molar-refractivity contribution < 1.29 is 18.7 Å². The van der Waals surface area contributed by atoms with Gasteiger partial charge in [0, 0.05) is 30.7 Å². The summed E-state index contributed by atoms with van der Waals surface area (Å²) in [4.78, 5) is 40.7. The number of likely N-dealkylation sites (tertiary alicyclic amines) is 1. The van der Waals surface area contributed by atoms with Crippen LogP contribution in [0.5, 0.6) is 5.88 Å². The average Bonchev–Trinajstić information content (AvgIpc) is 2.85. The Bertz CT molecular complexity index is 1150. The van der Waals surface area contributed by atoms with E-state index in [4.69, 9.17) is 4.74 Å². The third-order valence-corrected chi connectivity index (χ3v) is 5.60. The standard InChI is InChI=1S/C24H24FN5O3/c1-15-19(23(31)29-18-9-7-17(25)8-10-18)14-27-22(28-15)20-5-3-4-12-30(20)24(32)16-6-11-21(33-2)26-13-16/h6-11,13-14,20H,3-5,12H2,1-2H3,(H,29,31)/t20-/m1/s1. The third-order valence-electron chi connectivity index (χ3n) is 5.60. The minimum absolute atomic E-state index is 0.144. The van der Waals surface area contributed by atoms with Gasteiger partial charge in [-0.05, 0) is 56.5 Å². The molecular formula is C24H24FN5O3. The second kappa shape index (κ2) is 9.72.